The zero-order valence-corrected chi connectivity index (χ0v) is 21.9. The van der Waals surface area contributed by atoms with Gasteiger partial charge in [0.2, 0.25) is 0 Å². The molecule has 0 aromatic heterocycles. The first-order valence-electron chi connectivity index (χ1n) is 13.9. The Hall–Kier alpha value is -2.66. The molecule has 0 N–H and O–H groups in total. The summed E-state index contributed by atoms with van der Waals surface area (Å²) in [5.74, 6) is 8.34. The van der Waals surface area contributed by atoms with Crippen LogP contribution in [0.1, 0.15) is 99.8 Å². The van der Waals surface area contributed by atoms with E-state index in [4.69, 9.17) is 0 Å². The van der Waals surface area contributed by atoms with Crippen LogP contribution >= 0.6 is 0 Å². The highest BCUT2D eigenvalue weighted by Gasteiger charge is 2.35. The summed E-state index contributed by atoms with van der Waals surface area (Å²) in [4.78, 5) is 0. The van der Waals surface area contributed by atoms with Gasteiger partial charge in [-0.3, -0.25) is 0 Å². The largest absolute Gasteiger partial charge is 0.207 e. The summed E-state index contributed by atoms with van der Waals surface area (Å²) in [6.45, 7) is 4.07. The molecule has 2 fully saturated rings. The summed E-state index contributed by atoms with van der Waals surface area (Å²) in [5.41, 5.74) is 2.76. The first-order chi connectivity index (χ1) is 17.6. The molecular weight excluding hydrogens is 446 g/mol. The van der Waals surface area contributed by atoms with Crippen molar-refractivity contribution in [1.29, 1.82) is 0 Å². The molecule has 190 valence electrons. The van der Waals surface area contributed by atoms with Crippen LogP contribution in [-0.2, 0) is 6.42 Å². The van der Waals surface area contributed by atoms with Gasteiger partial charge in [-0.05, 0) is 131 Å². The van der Waals surface area contributed by atoms with Crippen molar-refractivity contribution in [2.24, 2.45) is 17.8 Å². The standard InChI is InChI=1S/C34H40F2/c1-3-5-7-9-25-13-16-30-23-31(20-19-29(30)21-25)32-18-17-28(34(36)24-32)15-12-26-11-14-27(33(35)22-26)10-8-6-4-2/h3-6,11,14,17-18,22,24-25,29-31H,7-10,13,16,19-21,23H2,1-2H3/b5-3+,6-4+. The minimum Gasteiger partial charge on any atom is -0.207 e. The molecule has 4 atom stereocenters. The van der Waals surface area contributed by atoms with Crippen LogP contribution in [0.5, 0.6) is 0 Å². The molecule has 2 saturated carbocycles. The summed E-state index contributed by atoms with van der Waals surface area (Å²) < 4.78 is 29.3. The molecule has 0 aliphatic heterocycles. The van der Waals surface area contributed by atoms with Gasteiger partial charge in [0.25, 0.3) is 0 Å². The topological polar surface area (TPSA) is 0 Å². The number of halogens is 2. The third-order valence-corrected chi connectivity index (χ3v) is 8.37. The maximum atomic E-state index is 15.0. The Labute approximate surface area is 216 Å². The van der Waals surface area contributed by atoms with Crippen molar-refractivity contribution in [3.63, 3.8) is 0 Å². The Morgan fingerprint density at radius 1 is 0.806 bits per heavy atom. The fourth-order valence-corrected chi connectivity index (χ4v) is 6.31. The van der Waals surface area contributed by atoms with E-state index < -0.39 is 0 Å². The number of aryl methyl sites for hydroxylation is 1. The molecular formula is C34H40F2. The van der Waals surface area contributed by atoms with E-state index in [1.54, 1.807) is 12.1 Å². The Morgan fingerprint density at radius 2 is 1.58 bits per heavy atom. The third kappa shape index (κ3) is 6.97. The third-order valence-electron chi connectivity index (χ3n) is 8.37. The Morgan fingerprint density at radius 3 is 2.36 bits per heavy atom. The summed E-state index contributed by atoms with van der Waals surface area (Å²) in [6.07, 6.45) is 20.2. The van der Waals surface area contributed by atoms with Crippen LogP contribution in [0.25, 0.3) is 0 Å². The van der Waals surface area contributed by atoms with Crippen molar-refractivity contribution in [2.45, 2.75) is 84.0 Å². The van der Waals surface area contributed by atoms with Crippen molar-refractivity contribution in [3.05, 3.63) is 94.6 Å². The van der Waals surface area contributed by atoms with Crippen LogP contribution < -0.4 is 0 Å². The van der Waals surface area contributed by atoms with Gasteiger partial charge in [-0.25, -0.2) is 8.78 Å². The van der Waals surface area contributed by atoms with E-state index >= 15 is 0 Å². The molecule has 36 heavy (non-hydrogen) atoms. The molecule has 0 saturated heterocycles. The summed E-state index contributed by atoms with van der Waals surface area (Å²) in [6, 6.07) is 10.6. The van der Waals surface area contributed by atoms with Crippen molar-refractivity contribution in [1.82, 2.24) is 0 Å². The van der Waals surface area contributed by atoms with Gasteiger partial charge in [-0.2, -0.15) is 0 Å². The number of benzene rings is 2. The predicted molar refractivity (Wildman–Crippen MR) is 147 cm³/mol. The van der Waals surface area contributed by atoms with Crippen LogP contribution in [-0.4, -0.2) is 0 Å². The van der Waals surface area contributed by atoms with Gasteiger partial charge < -0.3 is 0 Å². The van der Waals surface area contributed by atoms with Crippen LogP contribution in [0.15, 0.2) is 60.7 Å². The zero-order chi connectivity index (χ0) is 25.3. The van der Waals surface area contributed by atoms with E-state index in [0.29, 0.717) is 29.0 Å². The fraction of sp³-hybridized carbons (Fsp3) is 0.471. The first kappa shape index (κ1) is 26.4. The number of allylic oxidation sites excluding steroid dienone is 4. The first-order valence-corrected chi connectivity index (χ1v) is 13.9. The van der Waals surface area contributed by atoms with Crippen molar-refractivity contribution in [3.8, 4) is 11.8 Å². The van der Waals surface area contributed by atoms with E-state index in [-0.39, 0.29) is 11.6 Å². The van der Waals surface area contributed by atoms with Crippen LogP contribution in [0.2, 0.25) is 0 Å². The Bertz CT molecular complexity index is 1130. The molecule has 2 aliphatic rings. The highest BCUT2D eigenvalue weighted by Crippen LogP contribution is 2.48. The lowest BCUT2D eigenvalue weighted by atomic mass is 9.63. The molecule has 0 spiro atoms. The van der Waals surface area contributed by atoms with Crippen LogP contribution in [0.3, 0.4) is 0 Å². The van der Waals surface area contributed by atoms with Crippen LogP contribution in [0.4, 0.5) is 8.78 Å². The normalized spacial score (nSPS) is 24.0. The maximum absolute atomic E-state index is 15.0. The minimum absolute atomic E-state index is 0.246. The molecule has 2 heteroatoms. The molecule has 0 bridgehead atoms. The second kappa shape index (κ2) is 13.0. The van der Waals surface area contributed by atoms with Gasteiger partial charge in [0, 0.05) is 5.56 Å². The van der Waals surface area contributed by atoms with Crippen molar-refractivity contribution >= 4 is 0 Å². The average molecular weight is 487 g/mol. The van der Waals surface area contributed by atoms with Gasteiger partial charge in [0.1, 0.15) is 11.6 Å². The maximum Gasteiger partial charge on any atom is 0.139 e. The number of fused-ring (bicyclic) bond motifs is 1. The highest BCUT2D eigenvalue weighted by atomic mass is 19.1. The lowest BCUT2D eigenvalue weighted by molar-refractivity contribution is 0.115. The molecule has 2 aromatic carbocycles. The monoisotopic (exact) mass is 486 g/mol. The Balaban J connectivity index is 1.36. The van der Waals surface area contributed by atoms with Gasteiger partial charge in [-0.1, -0.05) is 54.7 Å². The smallest absolute Gasteiger partial charge is 0.139 e. The molecule has 0 amide bonds. The molecule has 0 heterocycles. The van der Waals surface area contributed by atoms with E-state index in [0.717, 1.165) is 36.2 Å². The van der Waals surface area contributed by atoms with E-state index in [2.05, 4.69) is 37.0 Å². The molecule has 4 rings (SSSR count). The average Bonchev–Trinajstić information content (AvgIpc) is 2.89. The van der Waals surface area contributed by atoms with E-state index in [9.17, 15) is 8.78 Å². The fourth-order valence-electron chi connectivity index (χ4n) is 6.31. The second-order valence-corrected chi connectivity index (χ2v) is 10.8. The number of hydrogen-bond donors (Lipinski definition) is 0. The minimum atomic E-state index is -0.266. The zero-order valence-electron chi connectivity index (χ0n) is 21.9. The predicted octanol–water partition coefficient (Wildman–Crippen LogP) is 9.53. The second-order valence-electron chi connectivity index (χ2n) is 10.8. The summed E-state index contributed by atoms with van der Waals surface area (Å²) in [5, 5.41) is 0. The van der Waals surface area contributed by atoms with Crippen molar-refractivity contribution in [2.75, 3.05) is 0 Å². The molecule has 0 radical (unpaired) electrons. The lowest BCUT2D eigenvalue weighted by Gasteiger charge is -2.42. The molecule has 2 aliphatic carbocycles. The Kier molecular flexibility index (Phi) is 9.57. The quantitative estimate of drug-likeness (QED) is 0.270. The van der Waals surface area contributed by atoms with Gasteiger partial charge in [-0.15, -0.1) is 0 Å². The molecule has 2 aromatic rings. The van der Waals surface area contributed by atoms with Gasteiger partial charge in [0.05, 0.1) is 5.56 Å². The number of hydrogen-bond acceptors (Lipinski definition) is 0. The SMILES string of the molecule is C/C=C/CCc1ccc(C#Cc2ccc(C3CCC4CC(CC/C=C/C)CCC4C3)cc2F)cc1F. The van der Waals surface area contributed by atoms with Gasteiger partial charge >= 0.3 is 0 Å². The molecule has 4 unspecified atom stereocenters. The lowest BCUT2D eigenvalue weighted by Crippen LogP contribution is -2.30. The van der Waals surface area contributed by atoms with Gasteiger partial charge in [0.15, 0.2) is 0 Å². The summed E-state index contributed by atoms with van der Waals surface area (Å²) >= 11 is 0. The van der Waals surface area contributed by atoms with Crippen LogP contribution in [0, 0.1) is 41.2 Å². The van der Waals surface area contributed by atoms with E-state index in [1.807, 2.05) is 31.2 Å². The van der Waals surface area contributed by atoms with Crippen molar-refractivity contribution < 1.29 is 8.78 Å². The molecule has 0 nitrogen and oxygen atoms in total. The number of rotatable bonds is 7. The highest BCUT2D eigenvalue weighted by molar-refractivity contribution is 5.45. The van der Waals surface area contributed by atoms with E-state index in [1.165, 1.54) is 51.0 Å². The summed E-state index contributed by atoms with van der Waals surface area (Å²) in [7, 11) is 0.